The lowest BCUT2D eigenvalue weighted by Gasteiger charge is -2.38. The molecule has 2 atom stereocenters. The molecule has 1 amide bonds. The first-order chi connectivity index (χ1) is 9.86. The first-order valence-electron chi connectivity index (χ1n) is 7.68. The van der Waals surface area contributed by atoms with E-state index in [0.717, 1.165) is 45.2 Å². The summed E-state index contributed by atoms with van der Waals surface area (Å²) in [4.78, 5) is 14.7. The Morgan fingerprint density at radius 3 is 2.81 bits per heavy atom. The summed E-state index contributed by atoms with van der Waals surface area (Å²) in [6, 6.07) is 0. The number of nitrogens with zero attached hydrogens (tertiary/aromatic N) is 1. The van der Waals surface area contributed by atoms with Gasteiger partial charge in [0.25, 0.3) is 10.2 Å². The van der Waals surface area contributed by atoms with Crippen LogP contribution in [0.3, 0.4) is 0 Å². The normalized spacial score (nSPS) is 30.6. The number of carbonyl (C=O) groups excluding carboxylic acids is 1. The Hall–Kier alpha value is -0.700. The molecule has 0 aromatic carbocycles. The SMILES string of the molecule is CCC1(C(=O)N2CCCC(CNS(N)(=O)=O)C2)CCCN1. The van der Waals surface area contributed by atoms with E-state index in [0.29, 0.717) is 13.1 Å². The van der Waals surface area contributed by atoms with Crippen molar-refractivity contribution in [3.05, 3.63) is 0 Å². The van der Waals surface area contributed by atoms with Gasteiger partial charge in [-0.3, -0.25) is 4.79 Å². The van der Waals surface area contributed by atoms with Crippen molar-refractivity contribution in [1.29, 1.82) is 0 Å². The fourth-order valence-corrected chi connectivity index (χ4v) is 3.86. The molecule has 0 aliphatic carbocycles. The number of carbonyl (C=O) groups is 1. The van der Waals surface area contributed by atoms with Crippen LogP contribution >= 0.6 is 0 Å². The van der Waals surface area contributed by atoms with Gasteiger partial charge in [-0.15, -0.1) is 0 Å². The Balaban J connectivity index is 1.95. The first-order valence-corrected chi connectivity index (χ1v) is 9.23. The van der Waals surface area contributed by atoms with Crippen LogP contribution in [0.25, 0.3) is 0 Å². The second-order valence-corrected chi connectivity index (χ2v) is 7.50. The summed E-state index contributed by atoms with van der Waals surface area (Å²) in [5.41, 5.74) is -0.407. The van der Waals surface area contributed by atoms with Gasteiger partial charge in [0.2, 0.25) is 5.91 Å². The average molecular weight is 318 g/mol. The van der Waals surface area contributed by atoms with Crippen LogP contribution in [0.1, 0.15) is 39.0 Å². The van der Waals surface area contributed by atoms with E-state index in [1.807, 2.05) is 11.8 Å². The van der Waals surface area contributed by atoms with E-state index < -0.39 is 15.7 Å². The van der Waals surface area contributed by atoms with Crippen molar-refractivity contribution in [2.75, 3.05) is 26.2 Å². The molecule has 0 aromatic heterocycles. The topological polar surface area (TPSA) is 105 Å². The minimum atomic E-state index is -3.66. The van der Waals surface area contributed by atoms with Gasteiger partial charge in [0.05, 0.1) is 5.54 Å². The number of rotatable bonds is 5. The molecule has 2 unspecified atom stereocenters. The predicted molar refractivity (Wildman–Crippen MR) is 80.7 cm³/mol. The van der Waals surface area contributed by atoms with Crippen molar-refractivity contribution >= 4 is 16.1 Å². The van der Waals surface area contributed by atoms with Crippen molar-refractivity contribution < 1.29 is 13.2 Å². The maximum Gasteiger partial charge on any atom is 0.274 e. The van der Waals surface area contributed by atoms with E-state index in [1.165, 1.54) is 0 Å². The molecule has 2 aliphatic rings. The van der Waals surface area contributed by atoms with Crippen molar-refractivity contribution in [3.63, 3.8) is 0 Å². The molecule has 4 N–H and O–H groups in total. The average Bonchev–Trinajstić information content (AvgIpc) is 2.94. The van der Waals surface area contributed by atoms with Crippen molar-refractivity contribution in [1.82, 2.24) is 14.9 Å². The highest BCUT2D eigenvalue weighted by Crippen LogP contribution is 2.27. The first kappa shape index (κ1) is 16.7. The minimum Gasteiger partial charge on any atom is -0.341 e. The molecular weight excluding hydrogens is 292 g/mol. The lowest BCUT2D eigenvalue weighted by atomic mass is 9.90. The highest BCUT2D eigenvalue weighted by molar-refractivity contribution is 7.87. The third kappa shape index (κ3) is 4.15. The van der Waals surface area contributed by atoms with Crippen molar-refractivity contribution in [2.45, 2.75) is 44.6 Å². The Morgan fingerprint density at radius 2 is 2.24 bits per heavy atom. The number of hydrogen-bond donors (Lipinski definition) is 3. The molecule has 122 valence electrons. The van der Waals surface area contributed by atoms with E-state index in [2.05, 4.69) is 10.0 Å². The quantitative estimate of drug-likeness (QED) is 0.638. The molecule has 8 heteroatoms. The van der Waals surface area contributed by atoms with Gasteiger partial charge in [0.15, 0.2) is 0 Å². The standard InChI is InChI=1S/C13H26N4O3S/c1-2-13(6-4-7-15-13)12(18)17-8-3-5-11(10-17)9-16-21(14,19)20/h11,15-16H,2-10H2,1H3,(H2,14,19,20). The summed E-state index contributed by atoms with van der Waals surface area (Å²) < 4.78 is 24.3. The molecule has 7 nitrogen and oxygen atoms in total. The van der Waals surface area contributed by atoms with Crippen molar-refractivity contribution in [2.24, 2.45) is 11.1 Å². The molecule has 0 radical (unpaired) electrons. The Bertz CT molecular complexity index is 474. The molecule has 2 fully saturated rings. The molecule has 0 spiro atoms. The molecule has 0 aromatic rings. The second kappa shape index (κ2) is 6.60. The number of hydrogen-bond acceptors (Lipinski definition) is 4. The number of piperidine rings is 1. The zero-order chi connectivity index (χ0) is 15.5. The summed E-state index contributed by atoms with van der Waals surface area (Å²) in [5, 5.41) is 8.32. The number of amides is 1. The fourth-order valence-electron chi connectivity index (χ4n) is 3.39. The van der Waals surface area contributed by atoms with Gasteiger partial charge in [-0.25, -0.2) is 9.86 Å². The Kier molecular flexibility index (Phi) is 5.24. The van der Waals surface area contributed by atoms with Gasteiger partial charge in [-0.2, -0.15) is 8.42 Å². The van der Waals surface area contributed by atoms with Crippen LogP contribution in [0.15, 0.2) is 0 Å². The number of nitrogens with two attached hydrogens (primary N) is 1. The summed E-state index contributed by atoms with van der Waals surface area (Å²) in [6.45, 7) is 4.60. The minimum absolute atomic E-state index is 0.135. The van der Waals surface area contributed by atoms with Crippen LogP contribution < -0.4 is 15.2 Å². The maximum absolute atomic E-state index is 12.8. The predicted octanol–water partition coefficient (Wildman–Crippen LogP) is -0.450. The zero-order valence-electron chi connectivity index (χ0n) is 12.6. The highest BCUT2D eigenvalue weighted by atomic mass is 32.2. The summed E-state index contributed by atoms with van der Waals surface area (Å²) in [6.07, 6.45) is 4.53. The van der Waals surface area contributed by atoms with Crippen LogP contribution in [0, 0.1) is 5.92 Å². The zero-order valence-corrected chi connectivity index (χ0v) is 13.4. The monoisotopic (exact) mass is 318 g/mol. The fraction of sp³-hybridized carbons (Fsp3) is 0.923. The van der Waals surface area contributed by atoms with E-state index in [-0.39, 0.29) is 11.8 Å². The maximum atomic E-state index is 12.8. The highest BCUT2D eigenvalue weighted by Gasteiger charge is 2.42. The van der Waals surface area contributed by atoms with Gasteiger partial charge in [-0.1, -0.05) is 6.92 Å². The Labute approximate surface area is 126 Å². The summed E-state index contributed by atoms with van der Waals surface area (Å²) in [5.74, 6) is 0.305. The molecule has 2 saturated heterocycles. The third-order valence-electron chi connectivity index (χ3n) is 4.64. The molecule has 0 saturated carbocycles. The summed E-state index contributed by atoms with van der Waals surface area (Å²) in [7, 11) is -3.66. The van der Waals surface area contributed by atoms with Crippen LogP contribution in [0.5, 0.6) is 0 Å². The molecule has 2 heterocycles. The largest absolute Gasteiger partial charge is 0.341 e. The van der Waals surface area contributed by atoms with Gasteiger partial charge >= 0.3 is 0 Å². The lowest BCUT2D eigenvalue weighted by molar-refractivity contribution is -0.139. The van der Waals surface area contributed by atoms with Crippen LogP contribution in [-0.2, 0) is 15.0 Å². The number of nitrogens with one attached hydrogen (secondary N) is 2. The second-order valence-electron chi connectivity index (χ2n) is 6.12. The van der Waals surface area contributed by atoms with Crippen LogP contribution in [0.4, 0.5) is 0 Å². The van der Waals surface area contributed by atoms with E-state index >= 15 is 0 Å². The van der Waals surface area contributed by atoms with Crippen LogP contribution in [-0.4, -0.2) is 50.9 Å². The summed E-state index contributed by atoms with van der Waals surface area (Å²) >= 11 is 0. The van der Waals surface area contributed by atoms with Gasteiger partial charge in [-0.05, 0) is 44.6 Å². The third-order valence-corrected chi connectivity index (χ3v) is 5.21. The molecular formula is C13H26N4O3S. The Morgan fingerprint density at radius 1 is 1.48 bits per heavy atom. The van der Waals surface area contributed by atoms with Crippen molar-refractivity contribution in [3.8, 4) is 0 Å². The van der Waals surface area contributed by atoms with Crippen LogP contribution in [0.2, 0.25) is 0 Å². The molecule has 2 aliphatic heterocycles. The van der Waals surface area contributed by atoms with E-state index in [4.69, 9.17) is 5.14 Å². The van der Waals surface area contributed by atoms with Gasteiger partial charge in [0.1, 0.15) is 0 Å². The number of likely N-dealkylation sites (tertiary alicyclic amines) is 1. The molecule has 0 bridgehead atoms. The molecule has 2 rings (SSSR count). The molecule has 21 heavy (non-hydrogen) atoms. The van der Waals surface area contributed by atoms with E-state index in [1.54, 1.807) is 0 Å². The van der Waals surface area contributed by atoms with Gasteiger partial charge in [0, 0.05) is 19.6 Å². The lowest BCUT2D eigenvalue weighted by Crippen LogP contribution is -2.57. The van der Waals surface area contributed by atoms with Gasteiger partial charge < -0.3 is 10.2 Å². The van der Waals surface area contributed by atoms with E-state index in [9.17, 15) is 13.2 Å². The smallest absolute Gasteiger partial charge is 0.274 e.